The predicted molar refractivity (Wildman–Crippen MR) is 114 cm³/mol. The van der Waals surface area contributed by atoms with E-state index in [4.69, 9.17) is 0 Å². The van der Waals surface area contributed by atoms with Crippen LogP contribution in [0.5, 0.6) is 0 Å². The van der Waals surface area contributed by atoms with E-state index in [0.29, 0.717) is 11.5 Å². The van der Waals surface area contributed by atoms with Crippen molar-refractivity contribution >= 4 is 10.8 Å². The first kappa shape index (κ1) is 21.8. The van der Waals surface area contributed by atoms with Crippen molar-refractivity contribution in [2.45, 2.75) is 57.5 Å². The zero-order chi connectivity index (χ0) is 22.2. The third kappa shape index (κ3) is 4.60. The minimum Gasteiger partial charge on any atom is -0.206 e. The van der Waals surface area contributed by atoms with Gasteiger partial charge in [-0.1, -0.05) is 50.1 Å². The van der Waals surface area contributed by atoms with Crippen LogP contribution < -0.4 is 0 Å². The van der Waals surface area contributed by atoms with Crippen molar-refractivity contribution in [2.24, 2.45) is 5.92 Å². The summed E-state index contributed by atoms with van der Waals surface area (Å²) in [5.74, 6) is -1.81. The van der Waals surface area contributed by atoms with Crippen molar-refractivity contribution in [2.75, 3.05) is 0 Å². The lowest BCUT2D eigenvalue weighted by Crippen LogP contribution is -2.13. The first-order valence-corrected chi connectivity index (χ1v) is 10.9. The summed E-state index contributed by atoms with van der Waals surface area (Å²) < 4.78 is 66.4. The Bertz CT molecular complexity index is 1050. The molecule has 0 unspecified atom stereocenters. The molecule has 5 heteroatoms. The van der Waals surface area contributed by atoms with Crippen LogP contribution in [-0.2, 0) is 6.18 Å². The highest BCUT2D eigenvalue weighted by Gasteiger charge is 2.38. The normalized spacial score (nSPS) is 19.7. The number of rotatable bonds is 4. The Hall–Kier alpha value is -2.43. The fourth-order valence-electron chi connectivity index (χ4n) is 4.90. The van der Waals surface area contributed by atoms with E-state index >= 15 is 0 Å². The zero-order valence-electron chi connectivity index (χ0n) is 17.4. The van der Waals surface area contributed by atoms with Crippen LogP contribution in [0, 0.1) is 17.6 Å². The molecule has 0 spiro atoms. The summed E-state index contributed by atoms with van der Waals surface area (Å²) in [6.07, 6.45) is 2.39. The molecule has 1 aliphatic rings. The summed E-state index contributed by atoms with van der Waals surface area (Å²) >= 11 is 0. The Kier molecular flexibility index (Phi) is 6.05. The van der Waals surface area contributed by atoms with E-state index in [9.17, 15) is 22.0 Å². The molecule has 4 rings (SSSR count). The number of halogens is 5. The Morgan fingerprint density at radius 2 is 1.39 bits per heavy atom. The van der Waals surface area contributed by atoms with E-state index < -0.39 is 23.4 Å². The van der Waals surface area contributed by atoms with Crippen LogP contribution in [-0.4, -0.2) is 0 Å². The van der Waals surface area contributed by atoms with Crippen LogP contribution in [0.25, 0.3) is 21.9 Å². The van der Waals surface area contributed by atoms with Crippen molar-refractivity contribution in [1.82, 2.24) is 0 Å². The topological polar surface area (TPSA) is 0 Å². The maximum Gasteiger partial charge on any atom is 0.422 e. The molecule has 3 aromatic rings. The fourth-order valence-corrected chi connectivity index (χ4v) is 4.90. The number of benzene rings is 3. The summed E-state index contributed by atoms with van der Waals surface area (Å²) in [7, 11) is 0. The van der Waals surface area contributed by atoms with Gasteiger partial charge in [-0.15, -0.1) is 0 Å². The summed E-state index contributed by atoms with van der Waals surface area (Å²) in [4.78, 5) is 0. The quantitative estimate of drug-likeness (QED) is 0.361. The van der Waals surface area contributed by atoms with Gasteiger partial charge in [-0.3, -0.25) is 0 Å². The largest absolute Gasteiger partial charge is 0.422 e. The van der Waals surface area contributed by atoms with Crippen LogP contribution in [0.3, 0.4) is 0 Å². The van der Waals surface area contributed by atoms with Gasteiger partial charge in [-0.2, -0.15) is 13.2 Å². The van der Waals surface area contributed by atoms with Gasteiger partial charge in [-0.25, -0.2) is 8.78 Å². The van der Waals surface area contributed by atoms with Gasteiger partial charge in [0.2, 0.25) is 0 Å². The molecule has 1 saturated carbocycles. The zero-order valence-corrected chi connectivity index (χ0v) is 17.4. The lowest BCUT2D eigenvalue weighted by Gasteiger charge is -2.28. The molecule has 0 aliphatic heterocycles. The second kappa shape index (κ2) is 8.60. The third-order valence-corrected chi connectivity index (χ3v) is 6.54. The van der Waals surface area contributed by atoms with E-state index in [0.717, 1.165) is 28.8 Å². The monoisotopic (exact) mass is 432 g/mol. The number of hydrogen-bond acceptors (Lipinski definition) is 0. The number of fused-ring (bicyclic) bond motifs is 1. The van der Waals surface area contributed by atoms with Gasteiger partial charge in [0.1, 0.15) is 17.2 Å². The second-order valence-corrected chi connectivity index (χ2v) is 8.64. The Morgan fingerprint density at radius 3 is 2.00 bits per heavy atom. The standard InChI is InChI=1S/C26H25F5/c1-2-3-16-4-6-17(7-5-16)18-8-9-20-13-21(11-10-19(20)12-18)22-14-23(27)25(24(28)15-22)26(29,30)31/h8-17H,2-7H2,1H3. The van der Waals surface area contributed by atoms with Gasteiger partial charge >= 0.3 is 6.18 Å². The molecule has 0 aromatic heterocycles. The van der Waals surface area contributed by atoms with Crippen LogP contribution in [0.4, 0.5) is 22.0 Å². The minimum absolute atomic E-state index is 0.0863. The molecule has 0 radical (unpaired) electrons. The average Bonchev–Trinajstić information content (AvgIpc) is 2.72. The molecular formula is C26H25F5. The molecule has 0 heterocycles. The van der Waals surface area contributed by atoms with Gasteiger partial charge in [0.05, 0.1) is 0 Å². The maximum absolute atomic E-state index is 14.0. The Labute approximate surface area is 179 Å². The first-order valence-electron chi connectivity index (χ1n) is 10.9. The molecule has 164 valence electrons. The van der Waals surface area contributed by atoms with E-state index in [2.05, 4.69) is 19.1 Å². The van der Waals surface area contributed by atoms with Gasteiger partial charge in [0, 0.05) is 0 Å². The van der Waals surface area contributed by atoms with E-state index in [1.807, 2.05) is 12.1 Å². The molecule has 0 nitrogen and oxygen atoms in total. The average molecular weight is 432 g/mol. The van der Waals surface area contributed by atoms with Crippen molar-refractivity contribution in [3.05, 3.63) is 71.3 Å². The SMILES string of the molecule is CCCC1CCC(c2ccc3cc(-c4cc(F)c(C(F)(F)F)c(F)c4)ccc3c2)CC1. The highest BCUT2D eigenvalue weighted by Crippen LogP contribution is 2.39. The smallest absolute Gasteiger partial charge is 0.206 e. The molecule has 0 bridgehead atoms. The molecule has 1 fully saturated rings. The van der Waals surface area contributed by atoms with Gasteiger partial charge < -0.3 is 0 Å². The lowest BCUT2D eigenvalue weighted by atomic mass is 9.77. The Morgan fingerprint density at radius 1 is 0.774 bits per heavy atom. The molecule has 3 aromatic carbocycles. The lowest BCUT2D eigenvalue weighted by molar-refractivity contribution is -0.142. The van der Waals surface area contributed by atoms with E-state index in [1.165, 1.54) is 44.1 Å². The van der Waals surface area contributed by atoms with Crippen LogP contribution >= 0.6 is 0 Å². The summed E-state index contributed by atoms with van der Waals surface area (Å²) in [6.45, 7) is 2.23. The molecule has 31 heavy (non-hydrogen) atoms. The summed E-state index contributed by atoms with van der Waals surface area (Å²) in [6, 6.07) is 13.1. The summed E-state index contributed by atoms with van der Waals surface area (Å²) in [5.41, 5.74) is 0.0206. The minimum atomic E-state index is -5.07. The van der Waals surface area contributed by atoms with Crippen LogP contribution in [0.15, 0.2) is 48.5 Å². The highest BCUT2D eigenvalue weighted by molar-refractivity contribution is 5.88. The van der Waals surface area contributed by atoms with Gasteiger partial charge in [-0.05, 0) is 83.2 Å². The first-order chi connectivity index (χ1) is 14.8. The highest BCUT2D eigenvalue weighted by atomic mass is 19.4. The molecule has 0 amide bonds. The van der Waals surface area contributed by atoms with Crippen molar-refractivity contribution in [3.8, 4) is 11.1 Å². The van der Waals surface area contributed by atoms with Crippen molar-refractivity contribution < 1.29 is 22.0 Å². The molecule has 0 atom stereocenters. The molecule has 1 aliphatic carbocycles. The third-order valence-electron chi connectivity index (χ3n) is 6.54. The summed E-state index contributed by atoms with van der Waals surface area (Å²) in [5, 5.41) is 1.91. The van der Waals surface area contributed by atoms with Crippen LogP contribution in [0.1, 0.15) is 62.5 Å². The molecule has 0 N–H and O–H groups in total. The molecule has 0 saturated heterocycles. The second-order valence-electron chi connectivity index (χ2n) is 8.64. The fraction of sp³-hybridized carbons (Fsp3) is 0.385. The number of hydrogen-bond donors (Lipinski definition) is 0. The predicted octanol–water partition coefficient (Wildman–Crippen LogP) is 8.88. The van der Waals surface area contributed by atoms with E-state index in [-0.39, 0.29) is 5.56 Å². The number of alkyl halides is 3. The van der Waals surface area contributed by atoms with Crippen LogP contribution in [0.2, 0.25) is 0 Å². The van der Waals surface area contributed by atoms with Crippen molar-refractivity contribution in [1.29, 1.82) is 0 Å². The van der Waals surface area contributed by atoms with Crippen molar-refractivity contribution in [3.63, 3.8) is 0 Å². The maximum atomic E-state index is 14.0. The van der Waals surface area contributed by atoms with Gasteiger partial charge in [0.25, 0.3) is 0 Å². The van der Waals surface area contributed by atoms with E-state index in [1.54, 1.807) is 12.1 Å². The molecular weight excluding hydrogens is 407 g/mol. The Balaban J connectivity index is 1.59. The van der Waals surface area contributed by atoms with Gasteiger partial charge in [0.15, 0.2) is 0 Å².